The number of β-amino-alcohol motifs (C(OH)–C–C–N with tert-alkyl or cyclic N) is 1. The molecule has 0 bridgehead atoms. The minimum Gasteiger partial charge on any atom is -0.508 e. The van der Waals surface area contributed by atoms with E-state index in [1.807, 2.05) is 45.6 Å². The third kappa shape index (κ3) is 6.52. The number of piperidine rings is 1. The fraction of sp³-hybridized carbons (Fsp3) is 0.525. The Labute approximate surface area is 293 Å². The molecule has 2 N–H and O–H groups in total. The summed E-state index contributed by atoms with van der Waals surface area (Å²) in [5.41, 5.74) is 1.59. The van der Waals surface area contributed by atoms with Gasteiger partial charge in [-0.1, -0.05) is 19.1 Å². The molecule has 2 aromatic carbocycles. The fourth-order valence-electron chi connectivity index (χ4n) is 8.12. The molecule has 0 amide bonds. The number of ether oxygens (including phenoxy) is 1. The molecule has 10 heteroatoms. The molecular formula is C40H49F2N5O3. The van der Waals surface area contributed by atoms with Crippen LogP contribution in [0.5, 0.6) is 11.8 Å². The Balaban J connectivity index is 1.45. The molecule has 1 atom stereocenters. The highest BCUT2D eigenvalue weighted by Gasteiger charge is 2.46. The first-order chi connectivity index (χ1) is 23.9. The van der Waals surface area contributed by atoms with Gasteiger partial charge in [-0.05, 0) is 126 Å². The summed E-state index contributed by atoms with van der Waals surface area (Å²) in [7, 11) is 0. The van der Waals surface area contributed by atoms with Crippen molar-refractivity contribution in [1.29, 1.82) is 0 Å². The van der Waals surface area contributed by atoms with Gasteiger partial charge in [0.2, 0.25) is 0 Å². The van der Waals surface area contributed by atoms with E-state index in [1.54, 1.807) is 12.1 Å². The Bertz CT molecular complexity index is 1910. The van der Waals surface area contributed by atoms with Crippen molar-refractivity contribution in [2.45, 2.75) is 91.2 Å². The topological polar surface area (TPSA) is 94.3 Å². The SMILES string of the molecule is C/C=C1\C(=NC(C)C)C(c2cc(O)cc3ccc(F)c(CC)c23)=C(F)c2nc(OCC3(CN4CCCC4)CC3)nc(N3CCCC(C)(O)C3)c21. The summed E-state index contributed by atoms with van der Waals surface area (Å²) in [6.07, 6.45) is 8.22. The Morgan fingerprint density at radius 1 is 1.06 bits per heavy atom. The Kier molecular flexibility index (Phi) is 9.22. The maximum Gasteiger partial charge on any atom is 0.319 e. The maximum atomic E-state index is 17.7. The van der Waals surface area contributed by atoms with Crippen LogP contribution in [0.25, 0.3) is 27.7 Å². The molecule has 1 aromatic heterocycles. The molecule has 2 aliphatic carbocycles. The van der Waals surface area contributed by atoms with Crippen molar-refractivity contribution in [1.82, 2.24) is 14.9 Å². The lowest BCUT2D eigenvalue weighted by Gasteiger charge is -2.39. The van der Waals surface area contributed by atoms with Crippen LogP contribution in [-0.4, -0.2) is 81.8 Å². The molecule has 1 unspecified atom stereocenters. The summed E-state index contributed by atoms with van der Waals surface area (Å²) in [6, 6.07) is 5.95. The first-order valence-corrected chi connectivity index (χ1v) is 18.3. The van der Waals surface area contributed by atoms with E-state index in [9.17, 15) is 10.2 Å². The first kappa shape index (κ1) is 34.6. The standard InChI is InChI=1S/C40H49F2N5O3/c1-6-27-30(41)12-11-25-19-26(48)20-29(31(25)27)32-34(42)36-33(28(7-2)35(32)43-24(3)4)37(47-18-10-13-39(5,49)21-47)45-38(44-36)50-23-40(14-15-40)22-46-16-8-9-17-46/h7,11-12,19-20,24,48-49H,6,8-10,13-18,21-23H2,1-5H3/b28-7-,43-35?. The Hall–Kier alpha value is -3.89. The highest BCUT2D eigenvalue weighted by Crippen LogP contribution is 2.50. The molecule has 0 spiro atoms. The molecule has 3 aromatic rings. The van der Waals surface area contributed by atoms with Gasteiger partial charge in [-0.25, -0.2) is 8.78 Å². The molecule has 3 fully saturated rings. The summed E-state index contributed by atoms with van der Waals surface area (Å²) in [5.74, 6) is -0.597. The van der Waals surface area contributed by atoms with Crippen molar-refractivity contribution in [3.63, 3.8) is 0 Å². The van der Waals surface area contributed by atoms with Gasteiger partial charge in [0.25, 0.3) is 0 Å². The minimum absolute atomic E-state index is 0.0325. The predicted molar refractivity (Wildman–Crippen MR) is 196 cm³/mol. The summed E-state index contributed by atoms with van der Waals surface area (Å²) < 4.78 is 39.5. The molecule has 50 heavy (non-hydrogen) atoms. The number of halogens is 2. The fourth-order valence-corrected chi connectivity index (χ4v) is 8.12. The van der Waals surface area contributed by atoms with Gasteiger partial charge in [-0.3, -0.25) is 4.99 Å². The lowest BCUT2D eigenvalue weighted by atomic mass is 9.81. The summed E-state index contributed by atoms with van der Waals surface area (Å²) in [4.78, 5) is 19.3. The quantitative estimate of drug-likeness (QED) is 0.238. The minimum atomic E-state index is -0.953. The van der Waals surface area contributed by atoms with Crippen molar-refractivity contribution >= 4 is 39.3 Å². The number of fused-ring (bicyclic) bond motifs is 2. The van der Waals surface area contributed by atoms with Crippen LogP contribution in [0, 0.1) is 11.2 Å². The van der Waals surface area contributed by atoms with E-state index >= 15 is 8.78 Å². The number of aliphatic imine (C=N–C) groups is 1. The zero-order chi connectivity index (χ0) is 35.4. The third-order valence-electron chi connectivity index (χ3n) is 10.7. The smallest absolute Gasteiger partial charge is 0.319 e. The second-order valence-corrected chi connectivity index (χ2v) is 15.3. The van der Waals surface area contributed by atoms with Gasteiger partial charge in [0.1, 0.15) is 23.1 Å². The zero-order valence-electron chi connectivity index (χ0n) is 30.0. The van der Waals surface area contributed by atoms with Crippen LogP contribution in [0.15, 0.2) is 35.3 Å². The highest BCUT2D eigenvalue weighted by molar-refractivity contribution is 6.51. The van der Waals surface area contributed by atoms with Crippen LogP contribution in [0.3, 0.4) is 0 Å². The molecule has 8 nitrogen and oxygen atoms in total. The van der Waals surface area contributed by atoms with Crippen LogP contribution in [-0.2, 0) is 6.42 Å². The van der Waals surface area contributed by atoms with Crippen molar-refractivity contribution in [2.24, 2.45) is 10.4 Å². The van der Waals surface area contributed by atoms with E-state index in [0.29, 0.717) is 77.1 Å². The largest absolute Gasteiger partial charge is 0.508 e. The zero-order valence-corrected chi connectivity index (χ0v) is 30.0. The average molecular weight is 686 g/mol. The van der Waals surface area contributed by atoms with Gasteiger partial charge in [0.15, 0.2) is 5.83 Å². The number of hydrogen-bond donors (Lipinski definition) is 2. The number of aryl methyl sites for hydroxylation is 1. The van der Waals surface area contributed by atoms with Crippen molar-refractivity contribution < 1.29 is 23.7 Å². The molecule has 7 rings (SSSR count). The second kappa shape index (κ2) is 13.3. The number of phenolic OH excluding ortho intramolecular Hbond substituents is 1. The third-order valence-corrected chi connectivity index (χ3v) is 10.7. The van der Waals surface area contributed by atoms with E-state index in [2.05, 4.69) is 4.90 Å². The molecule has 0 radical (unpaired) electrons. The first-order valence-electron chi connectivity index (χ1n) is 18.3. The Morgan fingerprint density at radius 2 is 1.82 bits per heavy atom. The Morgan fingerprint density at radius 3 is 2.48 bits per heavy atom. The van der Waals surface area contributed by atoms with E-state index in [1.165, 1.54) is 25.0 Å². The van der Waals surface area contributed by atoms with E-state index in [0.717, 1.165) is 38.9 Å². The van der Waals surface area contributed by atoms with Crippen molar-refractivity contribution in [3.05, 3.63) is 58.5 Å². The summed E-state index contributed by atoms with van der Waals surface area (Å²) >= 11 is 0. The number of rotatable bonds is 9. The van der Waals surface area contributed by atoms with Crippen LogP contribution in [0.2, 0.25) is 0 Å². The van der Waals surface area contributed by atoms with E-state index in [-0.39, 0.29) is 34.5 Å². The molecular weight excluding hydrogens is 636 g/mol. The molecule has 1 saturated carbocycles. The lowest BCUT2D eigenvalue weighted by molar-refractivity contribution is 0.0446. The number of aromatic nitrogens is 2. The molecule has 2 saturated heterocycles. The van der Waals surface area contributed by atoms with Crippen LogP contribution in [0.1, 0.15) is 95.5 Å². The summed E-state index contributed by atoms with van der Waals surface area (Å²) in [6.45, 7) is 14.0. The number of likely N-dealkylation sites (tertiary alicyclic amines) is 1. The van der Waals surface area contributed by atoms with Crippen molar-refractivity contribution in [3.8, 4) is 11.8 Å². The molecule has 4 aliphatic rings. The average Bonchev–Trinajstić information content (AvgIpc) is 3.64. The van der Waals surface area contributed by atoms with E-state index in [4.69, 9.17) is 19.7 Å². The molecule has 3 heterocycles. The van der Waals surface area contributed by atoms with Crippen LogP contribution in [0.4, 0.5) is 14.6 Å². The van der Waals surface area contributed by atoms with Gasteiger partial charge < -0.3 is 24.7 Å². The highest BCUT2D eigenvalue weighted by atomic mass is 19.1. The number of phenols is 1. The van der Waals surface area contributed by atoms with Crippen LogP contribution >= 0.6 is 0 Å². The number of hydrogen-bond acceptors (Lipinski definition) is 8. The number of aliphatic hydroxyl groups is 1. The number of aromatic hydroxyl groups is 1. The number of allylic oxidation sites excluding steroid dienone is 3. The van der Waals surface area contributed by atoms with Gasteiger partial charge in [0, 0.05) is 42.2 Å². The van der Waals surface area contributed by atoms with Gasteiger partial charge >= 0.3 is 6.01 Å². The predicted octanol–water partition coefficient (Wildman–Crippen LogP) is 7.75. The maximum absolute atomic E-state index is 17.7. The van der Waals surface area contributed by atoms with Crippen LogP contribution < -0.4 is 9.64 Å². The summed E-state index contributed by atoms with van der Waals surface area (Å²) in [5, 5.41) is 23.2. The number of benzene rings is 2. The number of nitrogens with zero attached hydrogens (tertiary/aromatic N) is 5. The molecule has 266 valence electrons. The number of anilines is 1. The van der Waals surface area contributed by atoms with Gasteiger partial charge in [-0.2, -0.15) is 9.97 Å². The monoisotopic (exact) mass is 685 g/mol. The van der Waals surface area contributed by atoms with Gasteiger partial charge in [0.05, 0.1) is 23.5 Å². The second-order valence-electron chi connectivity index (χ2n) is 15.3. The van der Waals surface area contributed by atoms with Gasteiger partial charge in [-0.15, -0.1) is 0 Å². The van der Waals surface area contributed by atoms with E-state index < -0.39 is 17.2 Å². The normalized spacial score (nSPS) is 23.8. The molecule has 2 aliphatic heterocycles. The lowest BCUT2D eigenvalue weighted by Crippen LogP contribution is -2.47. The van der Waals surface area contributed by atoms with Crippen molar-refractivity contribution in [2.75, 3.05) is 44.2 Å².